The third-order valence-corrected chi connectivity index (χ3v) is 5.56. The van der Waals surface area contributed by atoms with E-state index in [-0.39, 0.29) is 10.8 Å². The predicted octanol–water partition coefficient (Wildman–Crippen LogP) is 3.71. The monoisotopic (exact) mass is 421 g/mol. The van der Waals surface area contributed by atoms with E-state index in [0.717, 1.165) is 11.8 Å². The van der Waals surface area contributed by atoms with Crippen LogP contribution in [0.2, 0.25) is 5.02 Å². The minimum atomic E-state index is -3.79. The first kappa shape index (κ1) is 20.0. The second-order valence-corrected chi connectivity index (χ2v) is 8.20. The number of benzene rings is 2. The van der Waals surface area contributed by atoms with Crippen molar-refractivity contribution in [3.8, 4) is 0 Å². The number of nitrogens with one attached hydrogen (secondary N) is 3. The van der Waals surface area contributed by atoms with Gasteiger partial charge in [-0.25, -0.2) is 22.8 Å². The van der Waals surface area contributed by atoms with Gasteiger partial charge in [0.1, 0.15) is 34.6 Å². The van der Waals surface area contributed by atoms with Crippen LogP contribution in [0.3, 0.4) is 0 Å². The molecular formula is C18H17ClFN5O2S. The Kier molecular flexibility index (Phi) is 6.08. The maximum atomic E-state index is 14.0. The summed E-state index contributed by atoms with van der Waals surface area (Å²) in [6, 6.07) is 12.5. The van der Waals surface area contributed by atoms with Crippen LogP contribution in [0.4, 0.5) is 27.4 Å². The van der Waals surface area contributed by atoms with Crippen LogP contribution in [0.5, 0.6) is 0 Å². The van der Waals surface area contributed by atoms with Gasteiger partial charge in [-0.3, -0.25) is 0 Å². The van der Waals surface area contributed by atoms with Crippen LogP contribution in [0.15, 0.2) is 59.8 Å². The molecule has 0 saturated carbocycles. The number of hydrogen-bond acceptors (Lipinski definition) is 7. The lowest BCUT2D eigenvalue weighted by Crippen LogP contribution is -2.20. The molecule has 0 aliphatic carbocycles. The zero-order chi connectivity index (χ0) is 20.1. The van der Waals surface area contributed by atoms with Crippen molar-refractivity contribution in [2.45, 2.75) is 4.90 Å². The summed E-state index contributed by atoms with van der Waals surface area (Å²) in [6.07, 6.45) is 1.35. The van der Waals surface area contributed by atoms with Gasteiger partial charge in [-0.1, -0.05) is 11.6 Å². The van der Waals surface area contributed by atoms with Gasteiger partial charge in [0, 0.05) is 22.5 Å². The molecule has 0 amide bonds. The molecule has 0 aliphatic heterocycles. The highest BCUT2D eigenvalue weighted by atomic mass is 35.5. The van der Waals surface area contributed by atoms with Crippen molar-refractivity contribution in [1.29, 1.82) is 0 Å². The molecule has 0 unspecified atom stereocenters. The number of anilines is 4. The van der Waals surface area contributed by atoms with Gasteiger partial charge in [0.05, 0.1) is 0 Å². The number of halogens is 2. The van der Waals surface area contributed by atoms with Crippen molar-refractivity contribution in [2.24, 2.45) is 0 Å². The molecule has 0 saturated heterocycles. The van der Waals surface area contributed by atoms with Crippen molar-refractivity contribution >= 4 is 44.4 Å². The van der Waals surface area contributed by atoms with Gasteiger partial charge in [0.15, 0.2) is 9.84 Å². The minimum Gasteiger partial charge on any atom is -0.340 e. The van der Waals surface area contributed by atoms with Crippen LogP contribution < -0.4 is 16.0 Å². The number of rotatable bonds is 7. The van der Waals surface area contributed by atoms with Crippen LogP contribution in [-0.4, -0.2) is 31.3 Å². The van der Waals surface area contributed by atoms with E-state index < -0.39 is 15.7 Å². The van der Waals surface area contributed by atoms with Gasteiger partial charge in [0.2, 0.25) is 0 Å². The van der Waals surface area contributed by atoms with E-state index >= 15 is 0 Å². The molecule has 3 aromatic rings. The predicted molar refractivity (Wildman–Crippen MR) is 108 cm³/mol. The fourth-order valence-corrected chi connectivity index (χ4v) is 3.74. The highest BCUT2D eigenvalue weighted by molar-refractivity contribution is 7.91. The van der Waals surface area contributed by atoms with E-state index in [0.29, 0.717) is 22.3 Å². The highest BCUT2D eigenvalue weighted by Gasteiger charge is 2.19. The summed E-state index contributed by atoms with van der Waals surface area (Å²) in [7, 11) is -2.31. The standard InChI is InChI=1S/C18H17ClFN5O2S/c1-21-11-28(26,27)16-8-14(6-7-15(16)20)25-18-9-17(22-10-23-18)24-13-4-2-12(19)3-5-13/h2-10,21H,11H2,1H3,(H2,22,23,24,25). The molecule has 28 heavy (non-hydrogen) atoms. The Balaban J connectivity index is 1.81. The van der Waals surface area contributed by atoms with Crippen LogP contribution in [0.1, 0.15) is 0 Å². The Hall–Kier alpha value is -2.75. The van der Waals surface area contributed by atoms with Crippen LogP contribution in [0, 0.1) is 5.82 Å². The fraction of sp³-hybridized carbons (Fsp3) is 0.111. The topological polar surface area (TPSA) is 96.0 Å². The molecule has 0 aliphatic rings. The molecule has 10 heteroatoms. The molecular weight excluding hydrogens is 405 g/mol. The summed E-state index contributed by atoms with van der Waals surface area (Å²) in [6.45, 7) is 0. The maximum Gasteiger partial charge on any atom is 0.194 e. The van der Waals surface area contributed by atoms with Gasteiger partial charge in [0.25, 0.3) is 0 Å². The van der Waals surface area contributed by atoms with Gasteiger partial charge >= 0.3 is 0 Å². The SMILES string of the molecule is CNCS(=O)(=O)c1cc(Nc2cc(Nc3ccc(Cl)cc3)ncn2)ccc1F. The molecule has 3 N–H and O–H groups in total. The van der Waals surface area contributed by atoms with Crippen molar-refractivity contribution in [2.75, 3.05) is 23.6 Å². The average Bonchev–Trinajstić information content (AvgIpc) is 2.65. The molecule has 1 aromatic heterocycles. The largest absolute Gasteiger partial charge is 0.340 e. The van der Waals surface area contributed by atoms with E-state index in [9.17, 15) is 12.8 Å². The van der Waals surface area contributed by atoms with Crippen molar-refractivity contribution < 1.29 is 12.8 Å². The van der Waals surface area contributed by atoms with Crippen molar-refractivity contribution in [3.05, 3.63) is 65.7 Å². The van der Waals surface area contributed by atoms with Crippen LogP contribution in [-0.2, 0) is 9.84 Å². The molecule has 1 heterocycles. The van der Waals surface area contributed by atoms with Crippen molar-refractivity contribution in [3.63, 3.8) is 0 Å². The lowest BCUT2D eigenvalue weighted by atomic mass is 10.3. The van der Waals surface area contributed by atoms with Crippen molar-refractivity contribution in [1.82, 2.24) is 15.3 Å². The number of hydrogen-bond donors (Lipinski definition) is 3. The summed E-state index contributed by atoms with van der Waals surface area (Å²) >= 11 is 5.87. The Morgan fingerprint density at radius 2 is 1.57 bits per heavy atom. The Morgan fingerprint density at radius 3 is 2.21 bits per heavy atom. The molecule has 2 aromatic carbocycles. The summed E-state index contributed by atoms with van der Waals surface area (Å²) in [5.74, 6) is -0.246. The lowest BCUT2D eigenvalue weighted by molar-refractivity contribution is 0.564. The molecule has 0 atom stereocenters. The summed E-state index contributed by atoms with van der Waals surface area (Å²) < 4.78 is 38.3. The normalized spacial score (nSPS) is 11.2. The Morgan fingerprint density at radius 1 is 0.964 bits per heavy atom. The first-order valence-corrected chi connectivity index (χ1v) is 10.2. The zero-order valence-electron chi connectivity index (χ0n) is 14.8. The molecule has 7 nitrogen and oxygen atoms in total. The quantitative estimate of drug-likeness (QED) is 0.535. The second-order valence-electron chi connectivity index (χ2n) is 5.80. The van der Waals surface area contributed by atoms with Gasteiger partial charge < -0.3 is 16.0 Å². The van der Waals surface area contributed by atoms with E-state index in [2.05, 4.69) is 25.9 Å². The molecule has 0 bridgehead atoms. The lowest BCUT2D eigenvalue weighted by Gasteiger charge is -2.11. The average molecular weight is 422 g/mol. The number of aromatic nitrogens is 2. The zero-order valence-corrected chi connectivity index (χ0v) is 16.4. The second kappa shape index (κ2) is 8.51. The fourth-order valence-electron chi connectivity index (χ4n) is 2.41. The van der Waals surface area contributed by atoms with E-state index in [1.807, 2.05) is 0 Å². The third-order valence-electron chi connectivity index (χ3n) is 3.66. The third kappa shape index (κ3) is 4.94. The highest BCUT2D eigenvalue weighted by Crippen LogP contribution is 2.24. The molecule has 0 radical (unpaired) electrons. The van der Waals surface area contributed by atoms with Gasteiger partial charge in [-0.05, 0) is 49.5 Å². The van der Waals surface area contributed by atoms with Gasteiger partial charge in [-0.2, -0.15) is 0 Å². The Bertz CT molecular complexity index is 1080. The molecule has 0 spiro atoms. The van der Waals surface area contributed by atoms with E-state index in [1.54, 1.807) is 30.3 Å². The van der Waals surface area contributed by atoms with Crippen LogP contribution in [0.25, 0.3) is 0 Å². The van der Waals surface area contributed by atoms with E-state index in [4.69, 9.17) is 11.6 Å². The number of nitrogens with zero attached hydrogens (tertiary/aromatic N) is 2. The first-order chi connectivity index (χ1) is 13.4. The smallest absolute Gasteiger partial charge is 0.194 e. The van der Waals surface area contributed by atoms with Gasteiger partial charge in [-0.15, -0.1) is 0 Å². The summed E-state index contributed by atoms with van der Waals surface area (Å²) in [5, 5.41) is 9.21. The molecule has 3 rings (SSSR count). The van der Waals surface area contributed by atoms with E-state index in [1.165, 1.54) is 25.5 Å². The number of sulfone groups is 1. The molecule has 146 valence electrons. The minimum absolute atomic E-state index is 0.365. The maximum absolute atomic E-state index is 14.0. The first-order valence-electron chi connectivity index (χ1n) is 8.16. The summed E-state index contributed by atoms with van der Waals surface area (Å²) in [5.41, 5.74) is 1.17. The summed E-state index contributed by atoms with van der Waals surface area (Å²) in [4.78, 5) is 7.85. The molecule has 0 fully saturated rings. The Labute approximate surface area is 166 Å². The van der Waals surface area contributed by atoms with Crippen LogP contribution >= 0.6 is 11.6 Å².